The van der Waals surface area contributed by atoms with Gasteiger partial charge in [0, 0.05) is 15.0 Å². The second kappa shape index (κ2) is 5.10. The summed E-state index contributed by atoms with van der Waals surface area (Å²) in [5.41, 5.74) is 3.30. The van der Waals surface area contributed by atoms with Crippen molar-refractivity contribution in [2.24, 2.45) is 0 Å². The largest absolute Gasteiger partial charge is 0.321 e. The minimum atomic E-state index is 0.00447. The molecule has 0 spiro atoms. The van der Waals surface area contributed by atoms with Crippen molar-refractivity contribution >= 4 is 38.9 Å². The van der Waals surface area contributed by atoms with E-state index in [2.05, 4.69) is 27.3 Å². The van der Waals surface area contributed by atoms with Crippen molar-refractivity contribution in [3.05, 3.63) is 49.6 Å². The number of thiophene rings is 1. The predicted octanol–water partition coefficient (Wildman–Crippen LogP) is 4.56. The monoisotopic (exact) mass is 335 g/mol. The van der Waals surface area contributed by atoms with E-state index in [0.29, 0.717) is 0 Å². The highest BCUT2D eigenvalue weighted by molar-refractivity contribution is 9.10. The van der Waals surface area contributed by atoms with Gasteiger partial charge in [0.15, 0.2) is 0 Å². The summed E-state index contributed by atoms with van der Waals surface area (Å²) in [7, 11) is 0. The molecule has 1 amide bonds. The molecule has 0 radical (unpaired) electrons. The molecule has 19 heavy (non-hydrogen) atoms. The van der Waals surface area contributed by atoms with Crippen molar-refractivity contribution in [1.82, 2.24) is 0 Å². The molecule has 2 nitrogen and oxygen atoms in total. The first kappa shape index (κ1) is 12.9. The van der Waals surface area contributed by atoms with Crippen molar-refractivity contribution in [1.29, 1.82) is 0 Å². The van der Waals surface area contributed by atoms with Gasteiger partial charge in [0.05, 0.1) is 4.88 Å². The van der Waals surface area contributed by atoms with E-state index in [9.17, 15) is 4.79 Å². The zero-order chi connectivity index (χ0) is 13.4. The number of rotatable bonds is 2. The third-order valence-electron chi connectivity index (χ3n) is 3.41. The summed E-state index contributed by atoms with van der Waals surface area (Å²) < 4.78 is 1.03. The number of hydrogen-bond acceptors (Lipinski definition) is 2. The number of nitrogens with one attached hydrogen (secondary N) is 1. The van der Waals surface area contributed by atoms with Gasteiger partial charge in [-0.2, -0.15) is 0 Å². The molecule has 0 fully saturated rings. The normalized spacial score (nSPS) is 13.4. The summed E-state index contributed by atoms with van der Waals surface area (Å²) in [5, 5.41) is 2.99. The first-order valence-corrected chi connectivity index (χ1v) is 7.93. The van der Waals surface area contributed by atoms with E-state index >= 15 is 0 Å². The number of halogens is 1. The van der Waals surface area contributed by atoms with Gasteiger partial charge in [0.25, 0.3) is 5.91 Å². The van der Waals surface area contributed by atoms with Crippen molar-refractivity contribution in [2.75, 3.05) is 5.32 Å². The molecule has 0 bridgehead atoms. The molecule has 0 saturated carbocycles. The molecule has 1 aromatic carbocycles. The molecule has 0 aliphatic heterocycles. The number of fused-ring (bicyclic) bond motifs is 1. The molecule has 0 unspecified atom stereocenters. The topological polar surface area (TPSA) is 29.1 Å². The maximum Gasteiger partial charge on any atom is 0.265 e. The molecule has 0 saturated heterocycles. The van der Waals surface area contributed by atoms with E-state index in [1.54, 1.807) is 11.3 Å². The number of carbonyl (C=O) groups excluding carboxylic acids is 1. The average molecular weight is 336 g/mol. The number of anilines is 1. The Balaban J connectivity index is 1.80. The molecule has 1 heterocycles. The molecule has 1 aromatic heterocycles. The maximum absolute atomic E-state index is 12.2. The van der Waals surface area contributed by atoms with Gasteiger partial charge in [0.2, 0.25) is 0 Å². The first-order chi connectivity index (χ1) is 9.13. The molecule has 1 aliphatic carbocycles. The Hall–Kier alpha value is -1.13. The minimum Gasteiger partial charge on any atom is -0.321 e. The predicted molar refractivity (Wildman–Crippen MR) is 83.2 cm³/mol. The number of aryl methyl sites for hydroxylation is 3. The van der Waals surface area contributed by atoms with Crippen LogP contribution < -0.4 is 5.32 Å². The summed E-state index contributed by atoms with van der Waals surface area (Å²) in [6.45, 7) is 1.99. The molecule has 0 atom stereocenters. The van der Waals surface area contributed by atoms with Crippen LogP contribution in [0.3, 0.4) is 0 Å². The highest BCUT2D eigenvalue weighted by atomic mass is 79.9. The minimum absolute atomic E-state index is 0.00447. The van der Waals surface area contributed by atoms with Gasteiger partial charge in [-0.15, -0.1) is 11.3 Å². The fourth-order valence-electron chi connectivity index (χ4n) is 2.39. The van der Waals surface area contributed by atoms with Crippen LogP contribution in [0.4, 0.5) is 5.69 Å². The molecule has 4 heteroatoms. The number of amides is 1. The van der Waals surface area contributed by atoms with E-state index < -0.39 is 0 Å². The summed E-state index contributed by atoms with van der Waals surface area (Å²) in [6, 6.07) is 7.93. The highest BCUT2D eigenvalue weighted by Gasteiger charge is 2.18. The molecule has 2 aromatic rings. The van der Waals surface area contributed by atoms with Crippen molar-refractivity contribution in [3.8, 4) is 0 Å². The fourth-order valence-corrected chi connectivity index (χ4v) is 4.02. The lowest BCUT2D eigenvalue weighted by molar-refractivity contribution is 0.103. The van der Waals surface area contributed by atoms with Crippen molar-refractivity contribution < 1.29 is 4.79 Å². The van der Waals surface area contributed by atoms with Crippen LogP contribution in [-0.4, -0.2) is 5.91 Å². The molecular formula is C15H14BrNOS. The quantitative estimate of drug-likeness (QED) is 0.856. The Morgan fingerprint density at radius 3 is 2.89 bits per heavy atom. The van der Waals surface area contributed by atoms with Gasteiger partial charge in [-0.05, 0) is 61.6 Å². The number of benzene rings is 1. The van der Waals surface area contributed by atoms with Crippen LogP contribution in [0.2, 0.25) is 0 Å². The van der Waals surface area contributed by atoms with Crippen LogP contribution in [0.1, 0.15) is 32.1 Å². The standard InChI is InChI=1S/C15H14BrNOS/c1-9-7-11(16)5-6-12(9)17-15(18)14-8-10-3-2-4-13(10)19-14/h5-8H,2-4H2,1H3,(H,17,18). The first-order valence-electron chi connectivity index (χ1n) is 6.32. The van der Waals surface area contributed by atoms with E-state index in [0.717, 1.165) is 33.4 Å². The summed E-state index contributed by atoms with van der Waals surface area (Å²) in [6.07, 6.45) is 3.48. The molecule has 98 valence electrons. The number of hydrogen-bond donors (Lipinski definition) is 1. The van der Waals surface area contributed by atoms with Gasteiger partial charge in [-0.1, -0.05) is 15.9 Å². The smallest absolute Gasteiger partial charge is 0.265 e. The molecular weight excluding hydrogens is 322 g/mol. The van der Waals surface area contributed by atoms with Crippen LogP contribution >= 0.6 is 27.3 Å². The lowest BCUT2D eigenvalue weighted by atomic mass is 10.2. The van der Waals surface area contributed by atoms with Gasteiger partial charge < -0.3 is 5.32 Å². The van der Waals surface area contributed by atoms with Crippen LogP contribution in [0.25, 0.3) is 0 Å². The summed E-state index contributed by atoms with van der Waals surface area (Å²) in [5.74, 6) is 0.00447. The van der Waals surface area contributed by atoms with Crippen LogP contribution in [0.5, 0.6) is 0 Å². The number of carbonyl (C=O) groups is 1. The van der Waals surface area contributed by atoms with Gasteiger partial charge in [0.1, 0.15) is 0 Å². The Morgan fingerprint density at radius 2 is 2.16 bits per heavy atom. The van der Waals surface area contributed by atoms with Gasteiger partial charge in [-0.25, -0.2) is 0 Å². The van der Waals surface area contributed by atoms with Crippen molar-refractivity contribution in [3.63, 3.8) is 0 Å². The van der Waals surface area contributed by atoms with Crippen LogP contribution in [-0.2, 0) is 12.8 Å². The Morgan fingerprint density at radius 1 is 1.32 bits per heavy atom. The zero-order valence-corrected chi connectivity index (χ0v) is 13.0. The second-order valence-electron chi connectivity index (χ2n) is 4.83. The average Bonchev–Trinajstić information content (AvgIpc) is 2.93. The van der Waals surface area contributed by atoms with Crippen molar-refractivity contribution in [2.45, 2.75) is 26.2 Å². The van der Waals surface area contributed by atoms with Crippen LogP contribution in [0, 0.1) is 6.92 Å². The van der Waals surface area contributed by atoms with Crippen LogP contribution in [0.15, 0.2) is 28.7 Å². The second-order valence-corrected chi connectivity index (χ2v) is 6.88. The van der Waals surface area contributed by atoms with Gasteiger partial charge in [-0.3, -0.25) is 4.79 Å². The highest BCUT2D eigenvalue weighted by Crippen LogP contribution is 2.31. The van der Waals surface area contributed by atoms with E-state index in [4.69, 9.17) is 0 Å². The van der Waals surface area contributed by atoms with Gasteiger partial charge >= 0.3 is 0 Å². The van der Waals surface area contributed by atoms with E-state index in [-0.39, 0.29) is 5.91 Å². The SMILES string of the molecule is Cc1cc(Br)ccc1NC(=O)c1cc2c(s1)CCC2. The molecule has 1 N–H and O–H groups in total. The molecule has 3 rings (SSSR count). The fraction of sp³-hybridized carbons (Fsp3) is 0.267. The lowest BCUT2D eigenvalue weighted by Crippen LogP contribution is -2.11. The Kier molecular flexibility index (Phi) is 3.46. The summed E-state index contributed by atoms with van der Waals surface area (Å²) >= 11 is 5.06. The lowest BCUT2D eigenvalue weighted by Gasteiger charge is -2.07. The summed E-state index contributed by atoms with van der Waals surface area (Å²) in [4.78, 5) is 14.5. The third kappa shape index (κ3) is 2.60. The zero-order valence-electron chi connectivity index (χ0n) is 10.6. The third-order valence-corrected chi connectivity index (χ3v) is 5.14. The van der Waals surface area contributed by atoms with E-state index in [1.165, 1.54) is 16.9 Å². The molecule has 1 aliphatic rings. The maximum atomic E-state index is 12.2. The Bertz CT molecular complexity index is 626. The van der Waals surface area contributed by atoms with E-state index in [1.807, 2.05) is 25.1 Å². The Labute approximate surface area is 125 Å².